The van der Waals surface area contributed by atoms with Crippen LogP contribution < -0.4 is 0 Å². The van der Waals surface area contributed by atoms with Crippen molar-refractivity contribution in [3.05, 3.63) is 11.6 Å². The number of aliphatic hydroxyl groups is 18. The van der Waals surface area contributed by atoms with Crippen LogP contribution >= 0.6 is 0 Å². The van der Waals surface area contributed by atoms with E-state index < -0.39 is 238 Å². The molecule has 6 aliphatic heterocycles. The summed E-state index contributed by atoms with van der Waals surface area (Å²) in [5, 5.41) is 196. The highest BCUT2D eigenvalue weighted by Gasteiger charge is 2.71. The number of carbonyl (C=O) groups is 1. The Morgan fingerprint density at radius 2 is 1.05 bits per heavy atom. The van der Waals surface area contributed by atoms with E-state index in [9.17, 15) is 91.9 Å². The van der Waals surface area contributed by atoms with Gasteiger partial charge >= 0.3 is 5.97 Å². The lowest BCUT2D eigenvalue weighted by Crippen LogP contribution is -2.67. The summed E-state index contributed by atoms with van der Waals surface area (Å²) in [6.45, 7) is 11.0. The van der Waals surface area contributed by atoms with Crippen molar-refractivity contribution < 1.29 is 154 Å². The number of hydrogen-bond donors (Lipinski definition) is 18. The summed E-state index contributed by atoms with van der Waals surface area (Å²) in [4.78, 5) is 15.1. The second kappa shape index (κ2) is 28.4. The number of allylic oxidation sites excluding steroid dienone is 2. The molecule has 31 nitrogen and oxygen atoms in total. The van der Waals surface area contributed by atoms with Gasteiger partial charge in [-0.05, 0) is 118 Å². The van der Waals surface area contributed by atoms with E-state index in [-0.39, 0.29) is 35.7 Å². The van der Waals surface area contributed by atoms with Crippen LogP contribution in [0, 0.1) is 50.7 Å². The summed E-state index contributed by atoms with van der Waals surface area (Å²) in [5.74, 6) is -0.748. The average Bonchev–Trinajstić information content (AvgIpc) is 0.673. The molecule has 6 saturated heterocycles. The first kappa shape index (κ1) is 74.2. The van der Waals surface area contributed by atoms with Gasteiger partial charge in [0, 0.05) is 5.41 Å². The quantitative estimate of drug-likeness (QED) is 0.0390. The Bertz CT molecular complexity index is 2650. The second-order valence-electron chi connectivity index (χ2n) is 30.3. The molecule has 39 atom stereocenters. The Labute approximate surface area is 550 Å². The van der Waals surface area contributed by atoms with E-state index in [1.54, 1.807) is 0 Å². The maximum absolute atomic E-state index is 15.1. The maximum Gasteiger partial charge on any atom is 0.315 e. The molecule has 11 aliphatic rings. The first-order valence-corrected chi connectivity index (χ1v) is 33.8. The Hall–Kier alpha value is -1.95. The fraction of sp³-hybridized carbons (Fsp3) is 0.953. The Balaban J connectivity index is 0.775. The van der Waals surface area contributed by atoms with Gasteiger partial charge in [-0.1, -0.05) is 46.3 Å². The van der Waals surface area contributed by atoms with Crippen LogP contribution in [-0.2, 0) is 61.6 Å². The van der Waals surface area contributed by atoms with Crippen molar-refractivity contribution in [2.45, 2.75) is 297 Å². The van der Waals surface area contributed by atoms with Crippen LogP contribution in [0.2, 0.25) is 0 Å². The van der Waals surface area contributed by atoms with Gasteiger partial charge in [0.15, 0.2) is 31.5 Å². The van der Waals surface area contributed by atoms with Crippen molar-refractivity contribution >= 4 is 5.97 Å². The van der Waals surface area contributed by atoms with E-state index in [1.807, 2.05) is 6.92 Å². The maximum atomic E-state index is 15.1. The first-order valence-electron chi connectivity index (χ1n) is 33.8. The highest BCUT2D eigenvalue weighted by atomic mass is 16.8. The van der Waals surface area contributed by atoms with Crippen LogP contribution in [0.25, 0.3) is 0 Å². The van der Waals surface area contributed by atoms with E-state index >= 15 is 4.79 Å². The summed E-state index contributed by atoms with van der Waals surface area (Å²) in [5.41, 5.74) is -2.00. The van der Waals surface area contributed by atoms with Crippen LogP contribution in [0.15, 0.2) is 11.6 Å². The molecule has 0 aromatic rings. The summed E-state index contributed by atoms with van der Waals surface area (Å²) in [6.07, 6.45) is -40.7. The SMILES string of the molecule is CC1CCC2(C(=O)OC3OC(COC4OC(CO)C(O)C(O)C4O)C(O)C(O)C3O)CCC3(C)C(=CCC4C5(C)CCC(OC6OCC(O)C(O)C6OC6OC(C)C(O)C(OC7OC(CO)C(O)C(OC8OC(C)C(O)C(O)C8O)C7O)C6O)C(C)(CO)C5CCC43C)C2C1. The fourth-order valence-corrected chi connectivity index (χ4v) is 18.8. The predicted octanol–water partition coefficient (Wildman–Crippen LogP) is -5.11. The van der Waals surface area contributed by atoms with Crippen LogP contribution in [0.1, 0.15) is 113 Å². The van der Waals surface area contributed by atoms with E-state index in [0.29, 0.717) is 57.8 Å². The molecule has 0 spiro atoms. The van der Waals surface area contributed by atoms with Gasteiger partial charge < -0.3 is 149 Å². The topological polar surface area (TPSA) is 492 Å². The number of carbonyl (C=O) groups excluding carboxylic acids is 1. The summed E-state index contributed by atoms with van der Waals surface area (Å²) < 4.78 is 71.4. The van der Waals surface area contributed by atoms with Gasteiger partial charge in [0.2, 0.25) is 6.29 Å². The number of aliphatic hydroxyl groups excluding tert-OH is 18. The molecule has 4 saturated carbocycles. The normalized spacial score (nSPS) is 55.8. The van der Waals surface area contributed by atoms with Crippen LogP contribution in [0.4, 0.5) is 0 Å². The van der Waals surface area contributed by atoms with Gasteiger partial charge in [-0.25, -0.2) is 0 Å². The molecular formula is C64H104O31. The van der Waals surface area contributed by atoms with Crippen LogP contribution in [-0.4, -0.2) is 315 Å². The van der Waals surface area contributed by atoms with Gasteiger partial charge in [-0.2, -0.15) is 0 Å². The molecule has 10 fully saturated rings. The summed E-state index contributed by atoms with van der Waals surface area (Å²) in [7, 11) is 0. The minimum absolute atomic E-state index is 0.0665. The molecule has 39 unspecified atom stereocenters. The molecule has 0 aromatic carbocycles. The molecule has 0 radical (unpaired) electrons. The van der Waals surface area contributed by atoms with Gasteiger partial charge in [0.25, 0.3) is 0 Å². The van der Waals surface area contributed by atoms with Crippen molar-refractivity contribution in [3.8, 4) is 0 Å². The molecule has 6 heterocycles. The Morgan fingerprint density at radius 1 is 0.505 bits per heavy atom. The molecule has 0 aromatic heterocycles. The lowest BCUT2D eigenvalue weighted by Gasteiger charge is -2.71. The van der Waals surface area contributed by atoms with Crippen molar-refractivity contribution in [3.63, 3.8) is 0 Å². The van der Waals surface area contributed by atoms with E-state index in [0.717, 1.165) is 12.0 Å². The second-order valence-corrected chi connectivity index (χ2v) is 30.3. The van der Waals surface area contributed by atoms with Crippen molar-refractivity contribution in [1.82, 2.24) is 0 Å². The minimum Gasteiger partial charge on any atom is -0.432 e. The number of ether oxygens (including phenoxy) is 12. The third-order valence-electron chi connectivity index (χ3n) is 25.0. The molecule has 5 aliphatic carbocycles. The van der Waals surface area contributed by atoms with Crippen molar-refractivity contribution in [2.75, 3.05) is 33.0 Å². The lowest BCUT2D eigenvalue weighted by molar-refractivity contribution is -0.391. The van der Waals surface area contributed by atoms with Crippen LogP contribution in [0.5, 0.6) is 0 Å². The molecule has 0 amide bonds. The molecular weight excluding hydrogens is 1260 g/mol. The van der Waals surface area contributed by atoms with Gasteiger partial charge in [-0.3, -0.25) is 4.79 Å². The smallest absolute Gasteiger partial charge is 0.315 e. The van der Waals surface area contributed by atoms with Gasteiger partial charge in [-0.15, -0.1) is 0 Å². The Kier molecular flexibility index (Phi) is 22.2. The van der Waals surface area contributed by atoms with Gasteiger partial charge in [0.1, 0.15) is 128 Å². The standard InChI is InChI=1S/C64H104O31/c1-24-10-15-64(59(83)95-55-47(80)44(77)40(73)32(90-55)22-85-53-45(78)43(76)39(72)30(19-65)88-53)17-16-62(6)27(28(64)18-24)8-9-34-60(4)13-12-35(61(5,23-67)33(60)11-14-63(34,62)7)91-58-52(38(71)29(68)21-84-58)94-56-48(81)50(37(70)26(3)87-56)92-57-49(82)51(41(74)31(20-66)89-57)93-54-46(79)42(75)36(69)25(2)86-54/h8,24-26,28-58,65-82H,9-23H2,1-7H3. The number of hydrogen-bond acceptors (Lipinski definition) is 31. The monoisotopic (exact) mass is 1370 g/mol. The average molecular weight is 1370 g/mol. The molecule has 546 valence electrons. The molecule has 11 rings (SSSR count). The third-order valence-corrected chi connectivity index (χ3v) is 25.0. The molecule has 0 bridgehead atoms. The first-order chi connectivity index (χ1) is 44.7. The molecule has 31 heteroatoms. The van der Waals surface area contributed by atoms with E-state index in [4.69, 9.17) is 56.8 Å². The van der Waals surface area contributed by atoms with Crippen LogP contribution in [0.3, 0.4) is 0 Å². The zero-order chi connectivity index (χ0) is 69.1. The van der Waals surface area contributed by atoms with E-state index in [1.165, 1.54) is 13.8 Å². The fourth-order valence-electron chi connectivity index (χ4n) is 18.8. The van der Waals surface area contributed by atoms with Gasteiger partial charge in [0.05, 0.1) is 56.8 Å². The number of fused-ring (bicyclic) bond motifs is 7. The zero-order valence-electron chi connectivity index (χ0n) is 54.7. The molecule has 95 heavy (non-hydrogen) atoms. The molecule has 18 N–H and O–H groups in total. The lowest BCUT2D eigenvalue weighted by atomic mass is 9.33. The van der Waals surface area contributed by atoms with Crippen molar-refractivity contribution in [1.29, 1.82) is 0 Å². The minimum atomic E-state index is -1.98. The predicted molar refractivity (Wildman–Crippen MR) is 316 cm³/mol. The highest BCUT2D eigenvalue weighted by Crippen LogP contribution is 2.76. The van der Waals surface area contributed by atoms with E-state index in [2.05, 4.69) is 33.8 Å². The Morgan fingerprint density at radius 3 is 1.71 bits per heavy atom. The number of rotatable bonds is 16. The largest absolute Gasteiger partial charge is 0.432 e. The summed E-state index contributed by atoms with van der Waals surface area (Å²) in [6, 6.07) is 0. The van der Waals surface area contributed by atoms with Crippen molar-refractivity contribution in [2.24, 2.45) is 50.7 Å². The summed E-state index contributed by atoms with van der Waals surface area (Å²) >= 11 is 0. The number of esters is 1. The zero-order valence-corrected chi connectivity index (χ0v) is 54.7. The third kappa shape index (κ3) is 12.7. The highest BCUT2D eigenvalue weighted by molar-refractivity contribution is 5.79.